The molecule has 0 aliphatic rings. The molecule has 0 amide bonds. The van der Waals surface area contributed by atoms with Crippen molar-refractivity contribution in [2.75, 3.05) is 0 Å². The molecule has 0 aliphatic heterocycles. The zero-order chi connectivity index (χ0) is 12.3. The highest BCUT2D eigenvalue weighted by Gasteiger charge is 2.05. The molecule has 17 heavy (non-hydrogen) atoms. The molecule has 7 heteroatoms. The summed E-state index contributed by atoms with van der Waals surface area (Å²) in [5.74, 6) is 0.0528. The molecule has 1 heterocycles. The van der Waals surface area contributed by atoms with E-state index in [0.717, 1.165) is 0 Å². The highest BCUT2D eigenvalue weighted by Crippen LogP contribution is 2.28. The predicted octanol–water partition coefficient (Wildman–Crippen LogP) is 2.13. The van der Waals surface area contributed by atoms with E-state index in [1.165, 1.54) is 31.5 Å². The fourth-order valence-corrected chi connectivity index (χ4v) is 1.17. The van der Waals surface area contributed by atoms with Crippen LogP contribution in [0.25, 0.3) is 0 Å². The molecule has 0 radical (unpaired) electrons. The summed E-state index contributed by atoms with van der Waals surface area (Å²) in [6.07, 6.45) is 1.29. The number of carbonyl (C=O) groups excluding carboxylic acids is 1. The summed E-state index contributed by atoms with van der Waals surface area (Å²) in [5, 5.41) is 23.1. The van der Waals surface area contributed by atoms with Crippen LogP contribution in [-0.2, 0) is 0 Å². The number of phenolic OH excluding ortho intramolecular Hbond substituents is 1. The number of phenols is 1. The second kappa shape index (κ2) is 4.52. The van der Waals surface area contributed by atoms with Gasteiger partial charge in [0, 0.05) is 5.56 Å². The quantitative estimate of drug-likeness (QED) is 0.623. The molecule has 0 saturated heterocycles. The van der Waals surface area contributed by atoms with Gasteiger partial charge in [0.2, 0.25) is 0 Å². The van der Waals surface area contributed by atoms with Crippen LogP contribution in [0.15, 0.2) is 34.8 Å². The van der Waals surface area contributed by atoms with E-state index in [2.05, 4.69) is 25.4 Å². The number of Topliss-reactive ketones (excluding diaryl/α,β-unsaturated/α-hetero) is 1. The van der Waals surface area contributed by atoms with Gasteiger partial charge in [-0.15, -0.1) is 10.2 Å². The second-order valence-corrected chi connectivity index (χ2v) is 3.27. The van der Waals surface area contributed by atoms with Gasteiger partial charge in [-0.05, 0) is 25.1 Å². The lowest BCUT2D eigenvalue weighted by Crippen LogP contribution is -1.90. The van der Waals surface area contributed by atoms with Crippen molar-refractivity contribution >= 4 is 17.4 Å². The third-order valence-electron chi connectivity index (χ3n) is 2.04. The first-order chi connectivity index (χ1) is 8.16. The number of azo groups is 1. The number of H-pyrrole nitrogens is 1. The van der Waals surface area contributed by atoms with Crippen molar-refractivity contribution in [1.82, 2.24) is 15.2 Å². The first-order valence-corrected chi connectivity index (χ1v) is 4.78. The maximum atomic E-state index is 11.2. The molecule has 1 aromatic carbocycles. The van der Waals surface area contributed by atoms with Crippen LogP contribution in [0.2, 0.25) is 0 Å². The van der Waals surface area contributed by atoms with Crippen LogP contribution < -0.4 is 0 Å². The van der Waals surface area contributed by atoms with Crippen molar-refractivity contribution in [2.24, 2.45) is 10.2 Å². The van der Waals surface area contributed by atoms with E-state index in [1.54, 1.807) is 0 Å². The maximum Gasteiger partial charge on any atom is 0.264 e. The highest BCUT2D eigenvalue weighted by molar-refractivity contribution is 5.95. The average Bonchev–Trinajstić information content (AvgIpc) is 2.80. The van der Waals surface area contributed by atoms with Crippen LogP contribution in [0.3, 0.4) is 0 Å². The third kappa shape index (κ3) is 2.51. The van der Waals surface area contributed by atoms with E-state index < -0.39 is 0 Å². The molecule has 2 N–H and O–H groups in total. The molecule has 0 saturated carbocycles. The average molecular weight is 231 g/mol. The van der Waals surface area contributed by atoms with Gasteiger partial charge in [-0.25, -0.2) is 5.10 Å². The van der Waals surface area contributed by atoms with E-state index in [-0.39, 0.29) is 23.2 Å². The molecule has 0 bridgehead atoms. The normalized spacial score (nSPS) is 10.9. The number of aromatic nitrogens is 3. The minimum Gasteiger partial charge on any atom is -0.506 e. The summed E-state index contributed by atoms with van der Waals surface area (Å²) in [6, 6.07) is 4.37. The lowest BCUT2D eigenvalue weighted by atomic mass is 10.1. The first kappa shape index (κ1) is 10.9. The van der Waals surface area contributed by atoms with Gasteiger partial charge in [-0.3, -0.25) is 4.79 Å². The third-order valence-corrected chi connectivity index (χ3v) is 2.04. The molecular formula is C10H9N5O2. The molecule has 86 valence electrons. The number of aromatic amines is 1. The van der Waals surface area contributed by atoms with Crippen LogP contribution >= 0.6 is 0 Å². The second-order valence-electron chi connectivity index (χ2n) is 3.27. The van der Waals surface area contributed by atoms with E-state index in [1.807, 2.05) is 0 Å². The van der Waals surface area contributed by atoms with Crippen molar-refractivity contribution < 1.29 is 9.90 Å². The van der Waals surface area contributed by atoms with E-state index in [4.69, 9.17) is 0 Å². The number of hydrogen-bond acceptors (Lipinski definition) is 6. The van der Waals surface area contributed by atoms with Crippen LogP contribution in [0.1, 0.15) is 17.3 Å². The Bertz CT molecular complexity index is 562. The van der Waals surface area contributed by atoms with Crippen LogP contribution in [-0.4, -0.2) is 26.1 Å². The van der Waals surface area contributed by atoms with Crippen LogP contribution in [0.5, 0.6) is 5.75 Å². The van der Waals surface area contributed by atoms with Gasteiger partial charge in [0.25, 0.3) is 5.95 Å². The number of nitrogens with one attached hydrogen (secondary N) is 1. The van der Waals surface area contributed by atoms with Gasteiger partial charge >= 0.3 is 0 Å². The van der Waals surface area contributed by atoms with Crippen molar-refractivity contribution in [1.29, 1.82) is 0 Å². The Kier molecular flexibility index (Phi) is 2.91. The van der Waals surface area contributed by atoms with Gasteiger partial charge in [-0.2, -0.15) is 10.1 Å². The molecule has 0 atom stereocenters. The lowest BCUT2D eigenvalue weighted by molar-refractivity contribution is 0.101. The van der Waals surface area contributed by atoms with Crippen molar-refractivity contribution in [2.45, 2.75) is 6.92 Å². The Balaban J connectivity index is 2.31. The number of nitrogens with zero attached hydrogens (tertiary/aromatic N) is 4. The largest absolute Gasteiger partial charge is 0.506 e. The molecule has 0 unspecified atom stereocenters. The van der Waals surface area contributed by atoms with Crippen LogP contribution in [0.4, 0.5) is 11.6 Å². The number of carbonyl (C=O) groups is 1. The molecule has 0 fully saturated rings. The first-order valence-electron chi connectivity index (χ1n) is 4.78. The molecule has 0 spiro atoms. The monoisotopic (exact) mass is 231 g/mol. The fourth-order valence-electron chi connectivity index (χ4n) is 1.17. The minimum atomic E-state index is -0.110. The highest BCUT2D eigenvalue weighted by atomic mass is 16.3. The SMILES string of the molecule is CC(=O)c1ccc(O)c(N=Nc2ncn[nH]2)c1. The summed E-state index contributed by atoms with van der Waals surface area (Å²) in [7, 11) is 0. The van der Waals surface area contributed by atoms with Crippen molar-refractivity contribution in [3.8, 4) is 5.75 Å². The molecule has 1 aromatic heterocycles. The van der Waals surface area contributed by atoms with E-state index in [0.29, 0.717) is 5.56 Å². The van der Waals surface area contributed by atoms with E-state index in [9.17, 15) is 9.90 Å². The molecule has 2 rings (SSSR count). The van der Waals surface area contributed by atoms with Crippen LogP contribution in [0, 0.1) is 0 Å². The number of hydrogen-bond donors (Lipinski definition) is 2. The standard InChI is InChI=1S/C10H9N5O2/c1-6(16)7-2-3-9(17)8(4-7)13-15-10-11-5-12-14-10/h2-5,17H,1H3,(H,11,12,14). The van der Waals surface area contributed by atoms with Gasteiger partial charge in [0.05, 0.1) is 0 Å². The van der Waals surface area contributed by atoms with Crippen molar-refractivity contribution in [3.63, 3.8) is 0 Å². The molecule has 2 aromatic rings. The Morgan fingerprint density at radius 2 is 2.24 bits per heavy atom. The summed E-state index contributed by atoms with van der Waals surface area (Å²) in [5.41, 5.74) is 0.656. The Hall–Kier alpha value is -2.57. The smallest absolute Gasteiger partial charge is 0.264 e. The summed E-state index contributed by atoms with van der Waals surface area (Å²) in [4.78, 5) is 14.9. The number of rotatable bonds is 3. The van der Waals surface area contributed by atoms with Crippen molar-refractivity contribution in [3.05, 3.63) is 30.1 Å². The predicted molar refractivity (Wildman–Crippen MR) is 58.7 cm³/mol. The Morgan fingerprint density at radius 3 is 2.88 bits per heavy atom. The molecule has 7 nitrogen and oxygen atoms in total. The number of aromatic hydroxyl groups is 1. The Labute approximate surface area is 96.2 Å². The van der Waals surface area contributed by atoms with E-state index >= 15 is 0 Å². The summed E-state index contributed by atoms with van der Waals surface area (Å²) < 4.78 is 0. The van der Waals surface area contributed by atoms with Gasteiger partial charge < -0.3 is 5.11 Å². The fraction of sp³-hybridized carbons (Fsp3) is 0.100. The van der Waals surface area contributed by atoms with Gasteiger partial charge in [0.1, 0.15) is 17.8 Å². The topological polar surface area (TPSA) is 104 Å². The van der Waals surface area contributed by atoms with Gasteiger partial charge in [0.15, 0.2) is 5.78 Å². The Morgan fingerprint density at radius 1 is 1.41 bits per heavy atom. The molecular weight excluding hydrogens is 222 g/mol. The van der Waals surface area contributed by atoms with Gasteiger partial charge in [-0.1, -0.05) is 0 Å². The number of benzene rings is 1. The zero-order valence-corrected chi connectivity index (χ0v) is 8.95. The zero-order valence-electron chi connectivity index (χ0n) is 8.95. The number of ketones is 1. The minimum absolute atomic E-state index is 0.0572. The molecule has 0 aliphatic carbocycles. The summed E-state index contributed by atoms with van der Waals surface area (Å²) in [6.45, 7) is 1.43. The maximum absolute atomic E-state index is 11.2. The summed E-state index contributed by atoms with van der Waals surface area (Å²) >= 11 is 0. The lowest BCUT2D eigenvalue weighted by Gasteiger charge is -1.99.